The standard InChI is InChI=1S/C29H39NO3/c1-27(2,3)21-17-18-24(32-26(31)20-13-9-8-10-14-20)25(19-21)33-30-28(4,5)22-15-11-12-16-23(22)29(30,6)7/h8-16,21,24-25H,17-19H2,1-7H3/t21-,24-,25-/m0/s1. The SMILES string of the molecule is CC(C)(C)[C@H]1CC[C@H](OC(=O)c2ccccc2)[C@@H](ON2C(C)(C)c3ccccc3C2(C)C)C1. The van der Waals surface area contributed by atoms with Gasteiger partial charge in [0.05, 0.1) is 16.6 Å². The smallest absolute Gasteiger partial charge is 0.338 e. The Morgan fingerprint density at radius 1 is 0.848 bits per heavy atom. The number of hydroxylamine groups is 2. The molecule has 4 rings (SSSR count). The minimum atomic E-state index is -0.289. The van der Waals surface area contributed by atoms with Crippen LogP contribution >= 0.6 is 0 Å². The van der Waals surface area contributed by atoms with Crippen molar-refractivity contribution in [2.45, 2.75) is 91.0 Å². The van der Waals surface area contributed by atoms with Crippen LogP contribution in [0.1, 0.15) is 89.2 Å². The number of carbonyl (C=O) groups excluding carboxylic acids is 1. The second-order valence-corrected chi connectivity index (χ2v) is 11.8. The van der Waals surface area contributed by atoms with Crippen molar-refractivity contribution in [3.05, 3.63) is 71.3 Å². The maximum Gasteiger partial charge on any atom is 0.338 e. The van der Waals surface area contributed by atoms with E-state index < -0.39 is 0 Å². The van der Waals surface area contributed by atoms with Gasteiger partial charge in [0.25, 0.3) is 0 Å². The Balaban J connectivity index is 1.62. The number of nitrogens with zero attached hydrogens (tertiary/aromatic N) is 1. The van der Waals surface area contributed by atoms with E-state index in [1.54, 1.807) is 0 Å². The lowest BCUT2D eigenvalue weighted by Crippen LogP contribution is -2.52. The highest BCUT2D eigenvalue weighted by Gasteiger charge is 2.52. The third-order valence-corrected chi connectivity index (χ3v) is 7.73. The summed E-state index contributed by atoms with van der Waals surface area (Å²) in [6, 6.07) is 17.9. The van der Waals surface area contributed by atoms with E-state index in [1.165, 1.54) is 11.1 Å². The molecule has 3 atom stereocenters. The molecule has 1 aliphatic carbocycles. The highest BCUT2D eigenvalue weighted by Crippen LogP contribution is 2.51. The van der Waals surface area contributed by atoms with Gasteiger partial charge in [0.2, 0.25) is 0 Å². The van der Waals surface area contributed by atoms with Crippen LogP contribution < -0.4 is 0 Å². The number of ether oxygens (including phenoxy) is 1. The molecule has 1 fully saturated rings. The average molecular weight is 450 g/mol. The van der Waals surface area contributed by atoms with Crippen molar-refractivity contribution in [1.82, 2.24) is 5.06 Å². The van der Waals surface area contributed by atoms with Gasteiger partial charge >= 0.3 is 5.97 Å². The first-order chi connectivity index (χ1) is 15.4. The lowest BCUT2D eigenvalue weighted by Gasteiger charge is -2.46. The van der Waals surface area contributed by atoms with Crippen molar-refractivity contribution in [1.29, 1.82) is 0 Å². The summed E-state index contributed by atoms with van der Waals surface area (Å²) in [5, 5.41) is 2.16. The fourth-order valence-corrected chi connectivity index (χ4v) is 5.78. The van der Waals surface area contributed by atoms with Gasteiger partial charge in [-0.1, -0.05) is 63.2 Å². The third kappa shape index (κ3) is 4.48. The molecule has 2 aliphatic rings. The summed E-state index contributed by atoms with van der Waals surface area (Å²) in [5.74, 6) is 0.233. The van der Waals surface area contributed by atoms with Crippen LogP contribution in [-0.4, -0.2) is 23.2 Å². The zero-order chi connectivity index (χ0) is 24.0. The number of hydrogen-bond donors (Lipinski definition) is 0. The van der Waals surface area contributed by atoms with E-state index in [0.717, 1.165) is 19.3 Å². The molecule has 0 unspecified atom stereocenters. The summed E-state index contributed by atoms with van der Waals surface area (Å²) in [5.41, 5.74) is 2.76. The van der Waals surface area contributed by atoms with Gasteiger partial charge in [-0.05, 0) is 81.5 Å². The summed E-state index contributed by atoms with van der Waals surface area (Å²) < 4.78 is 6.08. The molecule has 0 spiro atoms. The number of fused-ring (bicyclic) bond motifs is 1. The molecule has 4 nitrogen and oxygen atoms in total. The summed E-state index contributed by atoms with van der Waals surface area (Å²) in [6.07, 6.45) is 2.25. The van der Waals surface area contributed by atoms with Crippen LogP contribution in [0.4, 0.5) is 0 Å². The highest BCUT2D eigenvalue weighted by atomic mass is 16.7. The maximum absolute atomic E-state index is 12.9. The van der Waals surface area contributed by atoms with E-state index in [4.69, 9.17) is 9.57 Å². The van der Waals surface area contributed by atoms with E-state index >= 15 is 0 Å². The molecule has 0 amide bonds. The molecule has 0 radical (unpaired) electrons. The van der Waals surface area contributed by atoms with Crippen molar-refractivity contribution in [2.24, 2.45) is 11.3 Å². The molecule has 2 aromatic rings. The van der Waals surface area contributed by atoms with Crippen LogP contribution in [0.3, 0.4) is 0 Å². The van der Waals surface area contributed by atoms with E-state index in [1.807, 2.05) is 30.3 Å². The molecule has 178 valence electrons. The molecule has 1 aliphatic heterocycles. The van der Waals surface area contributed by atoms with Crippen molar-refractivity contribution < 1.29 is 14.4 Å². The molecule has 33 heavy (non-hydrogen) atoms. The Morgan fingerprint density at radius 3 is 1.94 bits per heavy atom. The number of benzene rings is 2. The van der Waals surface area contributed by atoms with Crippen molar-refractivity contribution in [3.63, 3.8) is 0 Å². The molecular formula is C29H39NO3. The van der Waals surface area contributed by atoms with E-state index in [2.05, 4.69) is 77.8 Å². The minimum Gasteiger partial charge on any atom is -0.456 e. The van der Waals surface area contributed by atoms with Crippen LogP contribution in [0.2, 0.25) is 0 Å². The topological polar surface area (TPSA) is 38.8 Å². The van der Waals surface area contributed by atoms with E-state index in [0.29, 0.717) is 11.5 Å². The molecule has 0 saturated heterocycles. The average Bonchev–Trinajstić information content (AvgIpc) is 2.92. The maximum atomic E-state index is 12.9. The van der Waals surface area contributed by atoms with Gasteiger partial charge < -0.3 is 4.74 Å². The minimum absolute atomic E-state index is 0.176. The van der Waals surface area contributed by atoms with Crippen LogP contribution in [0.5, 0.6) is 0 Å². The highest BCUT2D eigenvalue weighted by molar-refractivity contribution is 5.89. The first-order valence-corrected chi connectivity index (χ1v) is 12.3. The second-order valence-electron chi connectivity index (χ2n) is 11.8. The first kappa shape index (κ1) is 24.0. The van der Waals surface area contributed by atoms with E-state index in [-0.39, 0.29) is 34.7 Å². The van der Waals surface area contributed by atoms with Gasteiger partial charge in [-0.2, -0.15) is 5.06 Å². The molecule has 2 aromatic carbocycles. The predicted octanol–water partition coefficient (Wildman–Crippen LogP) is 6.84. The zero-order valence-corrected chi connectivity index (χ0v) is 21.2. The lowest BCUT2D eigenvalue weighted by molar-refractivity contribution is -0.309. The number of carbonyl (C=O) groups is 1. The van der Waals surface area contributed by atoms with Crippen LogP contribution in [0.15, 0.2) is 54.6 Å². The molecule has 1 heterocycles. The summed E-state index contributed by atoms with van der Waals surface area (Å²) >= 11 is 0. The Bertz CT molecular complexity index is 954. The number of rotatable bonds is 4. The Morgan fingerprint density at radius 2 is 1.39 bits per heavy atom. The molecule has 0 bridgehead atoms. The Labute approximate surface area is 199 Å². The van der Waals surface area contributed by atoms with Crippen LogP contribution in [-0.2, 0) is 20.7 Å². The summed E-state index contributed by atoms with van der Waals surface area (Å²) in [4.78, 5) is 19.8. The third-order valence-electron chi connectivity index (χ3n) is 7.73. The van der Waals surface area contributed by atoms with Gasteiger partial charge in [-0.15, -0.1) is 0 Å². The Kier molecular flexibility index (Phi) is 6.22. The Hall–Kier alpha value is -2.17. The van der Waals surface area contributed by atoms with Crippen molar-refractivity contribution in [3.8, 4) is 0 Å². The van der Waals surface area contributed by atoms with Gasteiger partial charge in [0.15, 0.2) is 0 Å². The fraction of sp³-hybridized carbons (Fsp3) is 0.552. The van der Waals surface area contributed by atoms with Gasteiger partial charge in [-0.25, -0.2) is 4.79 Å². The van der Waals surface area contributed by atoms with Gasteiger partial charge in [0, 0.05) is 0 Å². The van der Waals surface area contributed by atoms with Gasteiger partial charge in [0.1, 0.15) is 12.2 Å². The molecule has 0 N–H and O–H groups in total. The lowest BCUT2D eigenvalue weighted by atomic mass is 9.71. The van der Waals surface area contributed by atoms with Crippen molar-refractivity contribution >= 4 is 5.97 Å². The van der Waals surface area contributed by atoms with Crippen LogP contribution in [0, 0.1) is 11.3 Å². The van der Waals surface area contributed by atoms with Crippen LogP contribution in [0.25, 0.3) is 0 Å². The first-order valence-electron chi connectivity index (χ1n) is 12.3. The van der Waals surface area contributed by atoms with Crippen molar-refractivity contribution in [2.75, 3.05) is 0 Å². The largest absolute Gasteiger partial charge is 0.456 e. The quantitative estimate of drug-likeness (QED) is 0.479. The fourth-order valence-electron chi connectivity index (χ4n) is 5.78. The molecule has 0 aromatic heterocycles. The number of hydrogen-bond acceptors (Lipinski definition) is 4. The predicted molar refractivity (Wildman–Crippen MR) is 132 cm³/mol. The molecule has 4 heteroatoms. The summed E-state index contributed by atoms with van der Waals surface area (Å²) in [7, 11) is 0. The second kappa shape index (κ2) is 8.56. The molecule has 1 saturated carbocycles. The van der Waals surface area contributed by atoms with E-state index in [9.17, 15) is 4.79 Å². The molecular weight excluding hydrogens is 410 g/mol. The summed E-state index contributed by atoms with van der Waals surface area (Å²) in [6.45, 7) is 15.8. The number of esters is 1. The zero-order valence-electron chi connectivity index (χ0n) is 21.2. The van der Waals surface area contributed by atoms with Gasteiger partial charge in [-0.3, -0.25) is 4.84 Å². The monoisotopic (exact) mass is 449 g/mol. The normalized spacial score (nSPS) is 26.6.